The molecule has 1 aromatic carbocycles. The third-order valence-corrected chi connectivity index (χ3v) is 7.65. The summed E-state index contributed by atoms with van der Waals surface area (Å²) in [5.41, 5.74) is 11.4. The lowest BCUT2D eigenvalue weighted by molar-refractivity contribution is 0.0776. The molecule has 2 aromatic rings. The fourth-order valence-corrected chi connectivity index (χ4v) is 5.53. The first-order chi connectivity index (χ1) is 16.7. The Labute approximate surface area is 203 Å². The summed E-state index contributed by atoms with van der Waals surface area (Å²) in [6, 6.07) is 8.30. The minimum Gasteiger partial charge on any atom is -0.381 e. The summed E-state index contributed by atoms with van der Waals surface area (Å²) < 4.78 is 5.50. The lowest BCUT2D eigenvalue weighted by Gasteiger charge is -2.40. The number of aromatic nitrogens is 2. The van der Waals surface area contributed by atoms with Crippen molar-refractivity contribution < 1.29 is 4.74 Å². The number of ether oxygens (including phenoxy) is 1. The average Bonchev–Trinajstić information content (AvgIpc) is 2.88. The van der Waals surface area contributed by atoms with Crippen molar-refractivity contribution in [3.8, 4) is 11.1 Å². The van der Waals surface area contributed by atoms with Gasteiger partial charge in [0.15, 0.2) is 0 Å². The number of anilines is 2. The van der Waals surface area contributed by atoms with Gasteiger partial charge in [-0.1, -0.05) is 31.5 Å². The lowest BCUT2D eigenvalue weighted by atomic mass is 9.88. The number of benzene rings is 1. The van der Waals surface area contributed by atoms with Gasteiger partial charge in [-0.05, 0) is 61.6 Å². The zero-order chi connectivity index (χ0) is 23.3. The highest BCUT2D eigenvalue weighted by Crippen LogP contribution is 2.41. The van der Waals surface area contributed by atoms with Crippen LogP contribution in [0.3, 0.4) is 0 Å². The third-order valence-electron chi connectivity index (χ3n) is 7.65. The summed E-state index contributed by atoms with van der Waals surface area (Å²) in [6.45, 7) is 6.66. The molecule has 34 heavy (non-hydrogen) atoms. The monoisotopic (exact) mass is 464 g/mol. The van der Waals surface area contributed by atoms with E-state index in [1.165, 1.54) is 16.7 Å². The third kappa shape index (κ3) is 5.37. The predicted octanol–water partition coefficient (Wildman–Crippen LogP) is 4.21. The van der Waals surface area contributed by atoms with Crippen LogP contribution < -0.4 is 21.3 Å². The molecule has 5 rings (SSSR count). The summed E-state index contributed by atoms with van der Waals surface area (Å²) in [5.74, 6) is 1.82. The summed E-state index contributed by atoms with van der Waals surface area (Å²) in [7, 11) is 0. The van der Waals surface area contributed by atoms with E-state index in [-0.39, 0.29) is 0 Å². The molecule has 0 radical (unpaired) electrons. The molecular weight excluding hydrogens is 424 g/mol. The molecule has 3 aliphatic rings. The number of nitrogens with one attached hydrogen (secondary N) is 2. The van der Waals surface area contributed by atoms with Gasteiger partial charge in [0.2, 0.25) is 5.95 Å². The van der Waals surface area contributed by atoms with Crippen molar-refractivity contribution in [1.82, 2.24) is 15.3 Å². The van der Waals surface area contributed by atoms with Gasteiger partial charge >= 0.3 is 0 Å². The molecule has 0 spiro atoms. The SMILES string of the molecule is CCCCNc1ncc2c(n1)N([C@H]1CC[C@H](N)CC1)Cc1cc(CNC3CCOCC3)ccc1-2. The molecule has 2 fully saturated rings. The zero-order valence-electron chi connectivity index (χ0n) is 20.6. The number of hydrogen-bond acceptors (Lipinski definition) is 7. The maximum Gasteiger partial charge on any atom is 0.224 e. The van der Waals surface area contributed by atoms with Crippen LogP contribution in [0.5, 0.6) is 0 Å². The second-order valence-electron chi connectivity index (χ2n) is 10.2. The Hall–Kier alpha value is -2.22. The lowest BCUT2D eigenvalue weighted by Crippen LogP contribution is -2.42. The van der Waals surface area contributed by atoms with Crippen LogP contribution in [0.25, 0.3) is 11.1 Å². The van der Waals surface area contributed by atoms with E-state index in [1.54, 1.807) is 0 Å². The highest BCUT2D eigenvalue weighted by Gasteiger charge is 2.32. The van der Waals surface area contributed by atoms with Gasteiger partial charge in [-0.3, -0.25) is 0 Å². The molecule has 1 aromatic heterocycles. The van der Waals surface area contributed by atoms with Gasteiger partial charge in [0, 0.05) is 62.7 Å². The first-order valence-electron chi connectivity index (χ1n) is 13.3. The van der Waals surface area contributed by atoms with Crippen LogP contribution in [0.4, 0.5) is 11.8 Å². The standard InChI is InChI=1S/C27H40N6O/c1-2-3-12-29-27-31-17-25-24-9-4-19(16-30-22-10-13-34-14-11-22)15-20(24)18-33(26(25)32-27)23-7-5-21(28)6-8-23/h4,9,15,17,21-23,30H,2-3,5-8,10-14,16,18,28H2,1H3,(H,29,31,32)/t21-,23-. The van der Waals surface area contributed by atoms with E-state index in [9.17, 15) is 0 Å². The minimum absolute atomic E-state index is 0.340. The number of rotatable bonds is 8. The van der Waals surface area contributed by atoms with Gasteiger partial charge in [-0.25, -0.2) is 4.98 Å². The van der Waals surface area contributed by atoms with E-state index in [1.807, 2.05) is 6.20 Å². The van der Waals surface area contributed by atoms with Crippen LogP contribution in [-0.4, -0.2) is 47.9 Å². The average molecular weight is 465 g/mol. The molecule has 1 aliphatic carbocycles. The molecule has 7 nitrogen and oxygen atoms in total. The molecular formula is C27H40N6O. The molecule has 0 bridgehead atoms. The van der Waals surface area contributed by atoms with Gasteiger partial charge in [0.1, 0.15) is 5.82 Å². The number of nitrogens with zero attached hydrogens (tertiary/aromatic N) is 3. The smallest absolute Gasteiger partial charge is 0.224 e. The van der Waals surface area contributed by atoms with Gasteiger partial charge in [0.05, 0.1) is 0 Å². The van der Waals surface area contributed by atoms with E-state index in [0.29, 0.717) is 18.1 Å². The quantitative estimate of drug-likeness (QED) is 0.504. The van der Waals surface area contributed by atoms with Crippen LogP contribution in [0, 0.1) is 0 Å². The Morgan fingerprint density at radius 2 is 1.91 bits per heavy atom. The fraction of sp³-hybridized carbons (Fsp3) is 0.630. The maximum absolute atomic E-state index is 6.24. The first-order valence-corrected chi connectivity index (χ1v) is 13.3. The van der Waals surface area contributed by atoms with E-state index in [0.717, 1.165) is 102 Å². The van der Waals surface area contributed by atoms with Gasteiger partial charge in [0.25, 0.3) is 0 Å². The number of unbranched alkanes of at least 4 members (excludes halogenated alkanes) is 1. The van der Waals surface area contributed by atoms with E-state index < -0.39 is 0 Å². The van der Waals surface area contributed by atoms with E-state index in [4.69, 9.17) is 15.5 Å². The summed E-state index contributed by atoms with van der Waals surface area (Å²) in [6.07, 6.45) is 10.9. The van der Waals surface area contributed by atoms with E-state index in [2.05, 4.69) is 45.6 Å². The predicted molar refractivity (Wildman–Crippen MR) is 138 cm³/mol. The van der Waals surface area contributed by atoms with Crippen LogP contribution in [0.15, 0.2) is 24.4 Å². The highest BCUT2D eigenvalue weighted by atomic mass is 16.5. The number of hydrogen-bond donors (Lipinski definition) is 3. The summed E-state index contributed by atoms with van der Waals surface area (Å²) in [4.78, 5) is 12.2. The molecule has 1 saturated carbocycles. The Kier molecular flexibility index (Phi) is 7.62. The van der Waals surface area contributed by atoms with Crippen molar-refractivity contribution in [2.24, 2.45) is 5.73 Å². The number of nitrogens with two attached hydrogens (primary N) is 1. The van der Waals surface area contributed by atoms with Crippen molar-refractivity contribution in [2.75, 3.05) is 30.0 Å². The van der Waals surface area contributed by atoms with Crippen LogP contribution in [0.2, 0.25) is 0 Å². The van der Waals surface area contributed by atoms with Crippen LogP contribution in [-0.2, 0) is 17.8 Å². The minimum atomic E-state index is 0.340. The van der Waals surface area contributed by atoms with Gasteiger partial charge in [-0.2, -0.15) is 4.98 Å². The van der Waals surface area contributed by atoms with Crippen molar-refractivity contribution in [3.05, 3.63) is 35.5 Å². The van der Waals surface area contributed by atoms with Crippen molar-refractivity contribution in [1.29, 1.82) is 0 Å². The molecule has 0 amide bonds. The van der Waals surface area contributed by atoms with Crippen molar-refractivity contribution >= 4 is 11.8 Å². The molecule has 2 aliphatic heterocycles. The second-order valence-corrected chi connectivity index (χ2v) is 10.2. The Morgan fingerprint density at radius 1 is 1.09 bits per heavy atom. The molecule has 184 valence electrons. The first kappa shape index (κ1) is 23.5. The Bertz CT molecular complexity index is 952. The largest absolute Gasteiger partial charge is 0.381 e. The molecule has 3 heterocycles. The molecule has 0 atom stereocenters. The number of fused-ring (bicyclic) bond motifs is 3. The second kappa shape index (κ2) is 11.0. The molecule has 7 heteroatoms. The maximum atomic E-state index is 6.24. The zero-order valence-corrected chi connectivity index (χ0v) is 20.6. The van der Waals surface area contributed by atoms with Gasteiger partial charge < -0.3 is 26.0 Å². The molecule has 4 N–H and O–H groups in total. The normalized spacial score (nSPS) is 22.8. The highest BCUT2D eigenvalue weighted by molar-refractivity contribution is 5.81. The van der Waals surface area contributed by atoms with Crippen LogP contribution in [0.1, 0.15) is 69.4 Å². The fourth-order valence-electron chi connectivity index (χ4n) is 5.53. The van der Waals surface area contributed by atoms with Crippen LogP contribution >= 0.6 is 0 Å². The molecule has 1 saturated heterocycles. The van der Waals surface area contributed by atoms with E-state index >= 15 is 0 Å². The van der Waals surface area contributed by atoms with Crippen molar-refractivity contribution in [2.45, 2.75) is 89.5 Å². The summed E-state index contributed by atoms with van der Waals surface area (Å²) >= 11 is 0. The van der Waals surface area contributed by atoms with Gasteiger partial charge in [-0.15, -0.1) is 0 Å². The topological polar surface area (TPSA) is 88.3 Å². The van der Waals surface area contributed by atoms with Crippen molar-refractivity contribution in [3.63, 3.8) is 0 Å². The Balaban J connectivity index is 1.39. The molecule has 0 unspecified atom stereocenters. The Morgan fingerprint density at radius 3 is 2.71 bits per heavy atom. The summed E-state index contributed by atoms with van der Waals surface area (Å²) in [5, 5.41) is 7.16.